The monoisotopic (exact) mass is 325 g/mol. The normalized spacial score (nSPS) is 11.8. The summed E-state index contributed by atoms with van der Waals surface area (Å²) in [5, 5.41) is 3.52. The van der Waals surface area contributed by atoms with Crippen molar-refractivity contribution in [1.29, 1.82) is 0 Å². The van der Waals surface area contributed by atoms with E-state index in [1.54, 1.807) is 11.3 Å². The maximum absolute atomic E-state index is 5.95. The zero-order chi connectivity index (χ0) is 14.6. The van der Waals surface area contributed by atoms with E-state index < -0.39 is 0 Å². The fraction of sp³-hybridized carbons (Fsp3) is 0.375. The van der Waals surface area contributed by atoms with E-state index in [0.29, 0.717) is 0 Å². The first-order valence-corrected chi connectivity index (χ1v) is 8.81. The Morgan fingerprint density at radius 2 is 2.00 bits per heavy atom. The number of thioether (sulfide) groups is 1. The highest BCUT2D eigenvalue weighted by Gasteiger charge is 2.08. The molecule has 0 bridgehead atoms. The number of nitrogens with one attached hydrogen (secondary N) is 1. The van der Waals surface area contributed by atoms with Gasteiger partial charge in [-0.2, -0.15) is 0 Å². The quantitative estimate of drug-likeness (QED) is 0.720. The lowest BCUT2D eigenvalue weighted by Crippen LogP contribution is -2.35. The lowest BCUT2D eigenvalue weighted by atomic mass is 10.1. The van der Waals surface area contributed by atoms with Crippen molar-refractivity contribution in [1.82, 2.24) is 5.32 Å². The molecule has 1 aromatic heterocycles. The second-order valence-corrected chi connectivity index (χ2v) is 8.59. The van der Waals surface area contributed by atoms with Gasteiger partial charge in [0.2, 0.25) is 0 Å². The SMILES string of the molecule is CC(C)(C)NCc1cccc(SCc2ccc(Cl)s2)c1. The lowest BCUT2D eigenvalue weighted by Gasteiger charge is -2.20. The molecular formula is C16H20ClNS2. The summed E-state index contributed by atoms with van der Waals surface area (Å²) in [5.41, 5.74) is 1.48. The Balaban J connectivity index is 1.92. The number of halogens is 1. The Kier molecular flexibility index (Phi) is 5.56. The predicted octanol–water partition coefficient (Wildman–Crippen LogP) is 5.58. The van der Waals surface area contributed by atoms with E-state index in [1.807, 2.05) is 17.8 Å². The minimum atomic E-state index is 0.150. The Bertz CT molecular complexity index is 558. The van der Waals surface area contributed by atoms with Crippen LogP contribution in [0.4, 0.5) is 0 Å². The minimum Gasteiger partial charge on any atom is -0.308 e. The largest absolute Gasteiger partial charge is 0.308 e. The summed E-state index contributed by atoms with van der Waals surface area (Å²) in [6, 6.07) is 12.8. The predicted molar refractivity (Wildman–Crippen MR) is 91.9 cm³/mol. The molecule has 2 aromatic rings. The van der Waals surface area contributed by atoms with E-state index in [1.165, 1.54) is 15.3 Å². The molecule has 0 saturated heterocycles. The van der Waals surface area contributed by atoms with Gasteiger partial charge in [-0.3, -0.25) is 0 Å². The third kappa shape index (κ3) is 5.49. The molecule has 1 aromatic carbocycles. The number of rotatable bonds is 5. The molecule has 0 aliphatic carbocycles. The summed E-state index contributed by atoms with van der Waals surface area (Å²) in [4.78, 5) is 2.63. The molecule has 4 heteroatoms. The van der Waals surface area contributed by atoms with Crippen LogP contribution >= 0.6 is 34.7 Å². The second kappa shape index (κ2) is 6.99. The molecule has 0 atom stereocenters. The molecule has 0 saturated carbocycles. The topological polar surface area (TPSA) is 12.0 Å². The molecule has 1 heterocycles. The molecule has 0 spiro atoms. The zero-order valence-electron chi connectivity index (χ0n) is 12.1. The standard InChI is InChI=1S/C16H20ClNS2/c1-16(2,3)18-10-12-5-4-6-13(9-12)19-11-14-7-8-15(17)20-14/h4-9,18H,10-11H2,1-3H3. The van der Waals surface area contributed by atoms with Crippen LogP contribution in [0.5, 0.6) is 0 Å². The average Bonchev–Trinajstić information content (AvgIpc) is 2.80. The summed E-state index contributed by atoms with van der Waals surface area (Å²) < 4.78 is 0.865. The van der Waals surface area contributed by atoms with Gasteiger partial charge >= 0.3 is 0 Å². The summed E-state index contributed by atoms with van der Waals surface area (Å²) in [6.45, 7) is 7.47. The summed E-state index contributed by atoms with van der Waals surface area (Å²) in [6.07, 6.45) is 0. The van der Waals surface area contributed by atoms with Gasteiger partial charge in [0.05, 0.1) is 4.34 Å². The first-order chi connectivity index (χ1) is 9.42. The first kappa shape index (κ1) is 15.9. The van der Waals surface area contributed by atoms with Gasteiger partial charge in [-0.05, 0) is 50.6 Å². The zero-order valence-corrected chi connectivity index (χ0v) is 14.5. The van der Waals surface area contributed by atoms with Crippen LogP contribution in [0.3, 0.4) is 0 Å². The first-order valence-electron chi connectivity index (χ1n) is 6.63. The van der Waals surface area contributed by atoms with Gasteiger partial charge in [-0.1, -0.05) is 23.7 Å². The molecule has 1 N–H and O–H groups in total. The van der Waals surface area contributed by atoms with Crippen molar-refractivity contribution in [2.45, 2.75) is 43.5 Å². The van der Waals surface area contributed by atoms with Gasteiger partial charge in [0.25, 0.3) is 0 Å². The highest BCUT2D eigenvalue weighted by Crippen LogP contribution is 2.29. The van der Waals surface area contributed by atoms with E-state index in [2.05, 4.69) is 56.4 Å². The van der Waals surface area contributed by atoms with E-state index in [4.69, 9.17) is 11.6 Å². The van der Waals surface area contributed by atoms with Crippen LogP contribution in [0.1, 0.15) is 31.2 Å². The minimum absolute atomic E-state index is 0.150. The number of benzene rings is 1. The molecule has 0 aliphatic heterocycles. The van der Waals surface area contributed by atoms with Crippen LogP contribution in [0.25, 0.3) is 0 Å². The van der Waals surface area contributed by atoms with Crippen molar-refractivity contribution in [2.75, 3.05) is 0 Å². The van der Waals surface area contributed by atoms with E-state index in [-0.39, 0.29) is 5.54 Å². The summed E-state index contributed by atoms with van der Waals surface area (Å²) >= 11 is 9.47. The molecule has 2 rings (SSSR count). The molecule has 0 aliphatic rings. The Hall–Kier alpha value is -0.480. The fourth-order valence-electron chi connectivity index (χ4n) is 1.70. The maximum atomic E-state index is 5.95. The third-order valence-corrected chi connectivity index (χ3v) is 5.19. The van der Waals surface area contributed by atoms with Crippen LogP contribution < -0.4 is 5.32 Å². The molecule has 108 valence electrons. The summed E-state index contributed by atoms with van der Waals surface area (Å²) in [5.74, 6) is 0.980. The van der Waals surface area contributed by atoms with Gasteiger partial charge in [0.15, 0.2) is 0 Å². The maximum Gasteiger partial charge on any atom is 0.0931 e. The average molecular weight is 326 g/mol. The second-order valence-electron chi connectivity index (χ2n) is 5.75. The Morgan fingerprint density at radius 3 is 2.65 bits per heavy atom. The molecule has 0 radical (unpaired) electrons. The van der Waals surface area contributed by atoms with Crippen molar-refractivity contribution >= 4 is 34.7 Å². The molecule has 20 heavy (non-hydrogen) atoms. The van der Waals surface area contributed by atoms with Crippen molar-refractivity contribution in [2.24, 2.45) is 0 Å². The molecule has 0 unspecified atom stereocenters. The van der Waals surface area contributed by atoms with Crippen LogP contribution in [-0.2, 0) is 12.3 Å². The van der Waals surface area contributed by atoms with Crippen molar-refractivity contribution in [3.8, 4) is 0 Å². The van der Waals surface area contributed by atoms with Crippen LogP contribution in [0.15, 0.2) is 41.3 Å². The Morgan fingerprint density at radius 1 is 1.20 bits per heavy atom. The van der Waals surface area contributed by atoms with E-state index in [9.17, 15) is 0 Å². The van der Waals surface area contributed by atoms with Crippen LogP contribution in [0, 0.1) is 0 Å². The van der Waals surface area contributed by atoms with Gasteiger partial charge in [-0.25, -0.2) is 0 Å². The van der Waals surface area contributed by atoms with Crippen molar-refractivity contribution in [3.63, 3.8) is 0 Å². The number of thiophene rings is 1. The van der Waals surface area contributed by atoms with Crippen molar-refractivity contribution in [3.05, 3.63) is 51.2 Å². The lowest BCUT2D eigenvalue weighted by molar-refractivity contribution is 0.424. The third-order valence-electron chi connectivity index (χ3n) is 2.73. The fourth-order valence-corrected chi connectivity index (χ4v) is 3.81. The van der Waals surface area contributed by atoms with E-state index >= 15 is 0 Å². The summed E-state index contributed by atoms with van der Waals surface area (Å²) in [7, 11) is 0. The Labute approximate surface area is 134 Å². The molecular weight excluding hydrogens is 306 g/mol. The van der Waals surface area contributed by atoms with Gasteiger partial charge in [0.1, 0.15) is 0 Å². The molecule has 1 nitrogen and oxygen atoms in total. The highest BCUT2D eigenvalue weighted by atomic mass is 35.5. The van der Waals surface area contributed by atoms with Crippen LogP contribution in [0.2, 0.25) is 4.34 Å². The van der Waals surface area contributed by atoms with Crippen LogP contribution in [-0.4, -0.2) is 5.54 Å². The van der Waals surface area contributed by atoms with E-state index in [0.717, 1.165) is 16.6 Å². The van der Waals surface area contributed by atoms with Crippen molar-refractivity contribution < 1.29 is 0 Å². The van der Waals surface area contributed by atoms with Gasteiger partial charge < -0.3 is 5.32 Å². The van der Waals surface area contributed by atoms with Gasteiger partial charge in [0, 0.05) is 27.6 Å². The number of hydrogen-bond acceptors (Lipinski definition) is 3. The smallest absolute Gasteiger partial charge is 0.0931 e. The highest BCUT2D eigenvalue weighted by molar-refractivity contribution is 7.98. The molecule has 0 amide bonds. The number of hydrogen-bond donors (Lipinski definition) is 1. The van der Waals surface area contributed by atoms with Gasteiger partial charge in [-0.15, -0.1) is 23.1 Å². The molecule has 0 fully saturated rings.